The number of ketones is 1. The SMILES string of the molecule is C=C1c2ccccc2C(=O)N1CC(=O)OCC(=O)c1cc(C)n(CCC(C)C)c1C. The second-order valence-electron chi connectivity index (χ2n) is 8.09. The fourth-order valence-corrected chi connectivity index (χ4v) is 3.72. The summed E-state index contributed by atoms with van der Waals surface area (Å²) in [7, 11) is 0. The highest BCUT2D eigenvalue weighted by atomic mass is 16.5. The Hall–Kier alpha value is -3.15. The Labute approximate surface area is 177 Å². The second kappa shape index (κ2) is 8.69. The number of hydrogen-bond donors (Lipinski definition) is 0. The molecule has 0 fully saturated rings. The van der Waals surface area contributed by atoms with Crippen molar-refractivity contribution in [2.45, 2.75) is 40.7 Å². The predicted octanol–water partition coefficient (Wildman–Crippen LogP) is 4.00. The van der Waals surface area contributed by atoms with Crippen LogP contribution < -0.4 is 0 Å². The molecule has 3 rings (SSSR count). The lowest BCUT2D eigenvalue weighted by molar-refractivity contribution is -0.142. The van der Waals surface area contributed by atoms with Crippen molar-refractivity contribution < 1.29 is 19.1 Å². The molecule has 2 heterocycles. The number of nitrogens with zero attached hydrogens (tertiary/aromatic N) is 2. The average Bonchev–Trinajstić information content (AvgIpc) is 3.13. The summed E-state index contributed by atoms with van der Waals surface area (Å²) in [5.41, 5.74) is 4.15. The van der Waals surface area contributed by atoms with E-state index in [9.17, 15) is 14.4 Å². The minimum atomic E-state index is -0.640. The third-order valence-electron chi connectivity index (χ3n) is 5.49. The molecular weight excluding hydrogens is 380 g/mol. The Morgan fingerprint density at radius 1 is 1.13 bits per heavy atom. The van der Waals surface area contributed by atoms with Crippen LogP contribution in [-0.2, 0) is 16.1 Å². The summed E-state index contributed by atoms with van der Waals surface area (Å²) in [5, 5.41) is 0. The largest absolute Gasteiger partial charge is 0.456 e. The van der Waals surface area contributed by atoms with Crippen LogP contribution in [-0.4, -0.2) is 40.3 Å². The molecule has 1 aromatic carbocycles. The fourth-order valence-electron chi connectivity index (χ4n) is 3.72. The minimum Gasteiger partial charge on any atom is -0.456 e. The topological polar surface area (TPSA) is 68.6 Å². The second-order valence-corrected chi connectivity index (χ2v) is 8.09. The molecule has 0 saturated carbocycles. The maximum Gasteiger partial charge on any atom is 0.326 e. The summed E-state index contributed by atoms with van der Waals surface area (Å²) in [6, 6.07) is 8.91. The normalized spacial score (nSPS) is 13.2. The highest BCUT2D eigenvalue weighted by Crippen LogP contribution is 2.30. The zero-order valence-corrected chi connectivity index (χ0v) is 18.0. The van der Waals surface area contributed by atoms with E-state index in [1.807, 2.05) is 26.0 Å². The number of benzene rings is 1. The van der Waals surface area contributed by atoms with Gasteiger partial charge in [0.25, 0.3) is 5.91 Å². The lowest BCUT2D eigenvalue weighted by Gasteiger charge is -2.16. The van der Waals surface area contributed by atoms with Crippen LogP contribution in [0.5, 0.6) is 0 Å². The number of carbonyl (C=O) groups excluding carboxylic acids is 3. The van der Waals surface area contributed by atoms with Crippen LogP contribution in [0.25, 0.3) is 5.70 Å². The standard InChI is InChI=1S/C24H28N2O4/c1-15(2)10-11-25-16(3)12-21(18(25)5)22(27)14-30-23(28)13-26-17(4)19-8-6-7-9-20(19)24(26)29/h6-9,12,15H,4,10-11,13-14H2,1-3,5H3. The van der Waals surface area contributed by atoms with Crippen LogP contribution in [0.2, 0.25) is 0 Å². The molecule has 6 nitrogen and oxygen atoms in total. The number of ether oxygens (including phenoxy) is 1. The van der Waals surface area contributed by atoms with Crippen LogP contribution in [0, 0.1) is 19.8 Å². The van der Waals surface area contributed by atoms with Crippen molar-refractivity contribution in [1.82, 2.24) is 9.47 Å². The fraction of sp³-hybridized carbons (Fsp3) is 0.375. The van der Waals surface area contributed by atoms with Gasteiger partial charge in [0.2, 0.25) is 5.78 Å². The van der Waals surface area contributed by atoms with Crippen molar-refractivity contribution in [1.29, 1.82) is 0 Å². The molecule has 1 aromatic heterocycles. The molecule has 6 heteroatoms. The molecule has 0 spiro atoms. The Balaban J connectivity index is 1.59. The van der Waals surface area contributed by atoms with Gasteiger partial charge in [-0.1, -0.05) is 38.6 Å². The molecule has 0 atom stereocenters. The van der Waals surface area contributed by atoms with Gasteiger partial charge in [0, 0.05) is 40.3 Å². The van der Waals surface area contributed by atoms with E-state index >= 15 is 0 Å². The molecule has 0 unspecified atom stereocenters. The van der Waals surface area contributed by atoms with Crippen molar-refractivity contribution in [2.24, 2.45) is 5.92 Å². The Morgan fingerprint density at radius 3 is 2.43 bits per heavy atom. The first-order valence-corrected chi connectivity index (χ1v) is 10.2. The van der Waals surface area contributed by atoms with E-state index < -0.39 is 5.97 Å². The van der Waals surface area contributed by atoms with E-state index in [1.165, 1.54) is 4.90 Å². The van der Waals surface area contributed by atoms with Gasteiger partial charge in [-0.15, -0.1) is 0 Å². The molecule has 1 aliphatic heterocycles. The van der Waals surface area contributed by atoms with Gasteiger partial charge in [-0.2, -0.15) is 0 Å². The van der Waals surface area contributed by atoms with Crippen molar-refractivity contribution in [3.8, 4) is 0 Å². The van der Waals surface area contributed by atoms with Gasteiger partial charge < -0.3 is 9.30 Å². The first-order valence-electron chi connectivity index (χ1n) is 10.2. The number of carbonyl (C=O) groups is 3. The minimum absolute atomic E-state index is 0.248. The number of aromatic nitrogens is 1. The summed E-state index contributed by atoms with van der Waals surface area (Å²) in [5.74, 6) is -0.602. The number of hydrogen-bond acceptors (Lipinski definition) is 4. The van der Waals surface area contributed by atoms with E-state index in [-0.39, 0.29) is 24.8 Å². The van der Waals surface area contributed by atoms with E-state index in [4.69, 9.17) is 4.74 Å². The number of amides is 1. The van der Waals surface area contributed by atoms with Crippen molar-refractivity contribution in [2.75, 3.05) is 13.2 Å². The highest BCUT2D eigenvalue weighted by molar-refractivity contribution is 6.10. The summed E-state index contributed by atoms with van der Waals surface area (Å²) in [6.07, 6.45) is 1.02. The zero-order chi connectivity index (χ0) is 22.0. The van der Waals surface area contributed by atoms with Crippen molar-refractivity contribution >= 4 is 23.4 Å². The molecular formula is C24H28N2O4. The zero-order valence-electron chi connectivity index (χ0n) is 18.0. The average molecular weight is 408 g/mol. The van der Waals surface area contributed by atoms with Crippen LogP contribution >= 0.6 is 0 Å². The maximum atomic E-state index is 12.6. The number of rotatable bonds is 8. The lowest BCUT2D eigenvalue weighted by Crippen LogP contribution is -2.31. The lowest BCUT2D eigenvalue weighted by atomic mass is 10.1. The summed E-state index contributed by atoms with van der Waals surface area (Å²) >= 11 is 0. The predicted molar refractivity (Wildman–Crippen MR) is 115 cm³/mol. The van der Waals surface area contributed by atoms with Gasteiger partial charge in [-0.25, -0.2) is 0 Å². The van der Waals surface area contributed by atoms with Crippen LogP contribution in [0.3, 0.4) is 0 Å². The molecule has 2 aromatic rings. The molecule has 0 N–H and O–H groups in total. The summed E-state index contributed by atoms with van der Waals surface area (Å²) in [4.78, 5) is 38.7. The molecule has 1 aliphatic rings. The third kappa shape index (κ3) is 4.22. The molecule has 158 valence electrons. The molecule has 0 saturated heterocycles. The van der Waals surface area contributed by atoms with Gasteiger partial charge in [-0.3, -0.25) is 19.3 Å². The number of aryl methyl sites for hydroxylation is 1. The Bertz CT molecular complexity index is 981. The summed E-state index contributed by atoms with van der Waals surface area (Å²) < 4.78 is 7.31. The van der Waals surface area contributed by atoms with Crippen LogP contribution in [0.1, 0.15) is 57.9 Å². The molecule has 30 heavy (non-hydrogen) atoms. The first-order chi connectivity index (χ1) is 14.2. The number of fused-ring (bicyclic) bond motifs is 1. The molecule has 0 bridgehead atoms. The number of esters is 1. The van der Waals surface area contributed by atoms with Gasteiger partial charge in [0.15, 0.2) is 6.61 Å². The third-order valence-corrected chi connectivity index (χ3v) is 5.49. The Morgan fingerprint density at radius 2 is 1.80 bits per heavy atom. The van der Waals surface area contributed by atoms with E-state index in [0.717, 1.165) is 24.4 Å². The van der Waals surface area contributed by atoms with Gasteiger partial charge in [0.05, 0.1) is 0 Å². The van der Waals surface area contributed by atoms with Gasteiger partial charge >= 0.3 is 5.97 Å². The van der Waals surface area contributed by atoms with Gasteiger partial charge in [0.1, 0.15) is 6.54 Å². The van der Waals surface area contributed by atoms with Crippen molar-refractivity contribution in [3.63, 3.8) is 0 Å². The number of Topliss-reactive ketones (excluding diaryl/α,β-unsaturated/α-hetero) is 1. The van der Waals surface area contributed by atoms with Crippen LogP contribution in [0.15, 0.2) is 36.9 Å². The highest BCUT2D eigenvalue weighted by Gasteiger charge is 2.32. The van der Waals surface area contributed by atoms with E-state index in [1.54, 1.807) is 18.2 Å². The van der Waals surface area contributed by atoms with Crippen molar-refractivity contribution in [3.05, 3.63) is 65.0 Å². The smallest absolute Gasteiger partial charge is 0.326 e. The van der Waals surface area contributed by atoms with E-state index in [2.05, 4.69) is 25.0 Å². The van der Waals surface area contributed by atoms with Gasteiger partial charge in [-0.05, 0) is 38.3 Å². The maximum absolute atomic E-state index is 12.6. The first kappa shape index (κ1) is 21.6. The quantitative estimate of drug-likeness (QED) is 0.489. The molecule has 1 amide bonds. The van der Waals surface area contributed by atoms with E-state index in [0.29, 0.717) is 28.3 Å². The monoisotopic (exact) mass is 408 g/mol. The molecule has 0 aliphatic carbocycles. The van der Waals surface area contributed by atoms with Crippen LogP contribution in [0.4, 0.5) is 0 Å². The molecule has 0 radical (unpaired) electrons. The summed E-state index contributed by atoms with van der Waals surface area (Å²) in [6.45, 7) is 12.3. The Kier molecular flexibility index (Phi) is 6.25.